The fourth-order valence-electron chi connectivity index (χ4n) is 2.22. The van der Waals surface area contributed by atoms with Gasteiger partial charge in [0.15, 0.2) is 0 Å². The second-order valence-corrected chi connectivity index (χ2v) is 6.79. The Morgan fingerprint density at radius 3 is 2.31 bits per heavy atom. The van der Waals surface area contributed by atoms with Gasteiger partial charge in [0.2, 0.25) is 0 Å². The third-order valence-electron chi connectivity index (χ3n) is 3.54. The molecule has 0 saturated heterocycles. The Bertz CT molecular complexity index is 953. The van der Waals surface area contributed by atoms with Crippen LogP contribution in [0.5, 0.6) is 11.5 Å². The number of benzene rings is 2. The largest absolute Gasteiger partial charge is 0.497 e. The highest BCUT2D eigenvalue weighted by atomic mass is 32.2. The van der Waals surface area contributed by atoms with Crippen LogP contribution in [0.1, 0.15) is 22.8 Å². The minimum Gasteiger partial charge on any atom is -0.497 e. The molecular weight excluding hydrogens is 360 g/mol. The molecule has 2 aromatic rings. The van der Waals surface area contributed by atoms with E-state index in [-0.39, 0.29) is 21.9 Å². The monoisotopic (exact) mass is 378 g/mol. The Balaban J connectivity index is 2.36. The van der Waals surface area contributed by atoms with Crippen LogP contribution >= 0.6 is 0 Å². The third kappa shape index (κ3) is 4.12. The van der Waals surface area contributed by atoms with E-state index < -0.39 is 16.0 Å². The van der Waals surface area contributed by atoms with E-state index in [9.17, 15) is 18.3 Å². The van der Waals surface area contributed by atoms with Gasteiger partial charge in [-0.3, -0.25) is 0 Å². The van der Waals surface area contributed by atoms with E-state index in [0.717, 1.165) is 0 Å². The summed E-state index contributed by atoms with van der Waals surface area (Å²) in [5.41, 5.74) is 0.540. The van der Waals surface area contributed by atoms with Crippen molar-refractivity contribution in [2.45, 2.75) is 11.8 Å². The van der Waals surface area contributed by atoms with Crippen molar-refractivity contribution in [2.75, 3.05) is 14.2 Å². The predicted octanol–water partition coefficient (Wildman–Crippen LogP) is 2.10. The van der Waals surface area contributed by atoms with Gasteiger partial charge in [-0.25, -0.2) is 4.79 Å². The molecule has 0 aliphatic carbocycles. The molecule has 2 rings (SSSR count). The first-order valence-electron chi connectivity index (χ1n) is 7.41. The molecule has 2 N–H and O–H groups in total. The average molecular weight is 378 g/mol. The van der Waals surface area contributed by atoms with Crippen LogP contribution < -0.4 is 14.3 Å². The number of methoxy groups -OCH3 is 2. The Kier molecular flexibility index (Phi) is 5.83. The number of carboxylic acids is 1. The number of aromatic carboxylic acids is 1. The number of hydrogen-bond acceptors (Lipinski definition) is 6. The van der Waals surface area contributed by atoms with Crippen molar-refractivity contribution in [3.8, 4) is 11.5 Å². The molecule has 0 amide bonds. The second-order valence-electron chi connectivity index (χ2n) is 5.16. The average Bonchev–Trinajstić information content (AvgIpc) is 2.65. The summed E-state index contributed by atoms with van der Waals surface area (Å²) in [5, 5.41) is 13.0. The highest BCUT2D eigenvalue weighted by molar-refractivity contribution is 7.89. The Morgan fingerprint density at radius 2 is 1.73 bits per heavy atom. The number of nitrogens with one attached hydrogen (secondary N) is 1. The van der Waals surface area contributed by atoms with E-state index >= 15 is 0 Å². The van der Waals surface area contributed by atoms with Gasteiger partial charge in [-0.05, 0) is 25.1 Å². The van der Waals surface area contributed by atoms with Crippen LogP contribution in [0.25, 0.3) is 0 Å². The molecule has 2 aromatic carbocycles. The van der Waals surface area contributed by atoms with Crippen molar-refractivity contribution in [3.63, 3.8) is 0 Å². The molecule has 0 heterocycles. The molecule has 0 fully saturated rings. The molecule has 8 nitrogen and oxygen atoms in total. The maximum absolute atomic E-state index is 12.5. The predicted molar refractivity (Wildman–Crippen MR) is 95.5 cm³/mol. The van der Waals surface area contributed by atoms with Crippen molar-refractivity contribution in [3.05, 3.63) is 53.6 Å². The van der Waals surface area contributed by atoms with Gasteiger partial charge in [0.1, 0.15) is 16.4 Å². The van der Waals surface area contributed by atoms with Gasteiger partial charge < -0.3 is 14.6 Å². The smallest absolute Gasteiger partial charge is 0.336 e. The molecule has 26 heavy (non-hydrogen) atoms. The number of sulfonamides is 1. The molecule has 0 atom stereocenters. The summed E-state index contributed by atoms with van der Waals surface area (Å²) in [5.74, 6) is -0.596. The Labute approximate surface area is 151 Å². The molecule has 0 saturated carbocycles. The summed E-state index contributed by atoms with van der Waals surface area (Å²) < 4.78 is 35.1. The van der Waals surface area contributed by atoms with Gasteiger partial charge in [0.25, 0.3) is 10.0 Å². The summed E-state index contributed by atoms with van der Waals surface area (Å²) in [7, 11) is -1.24. The molecule has 0 radical (unpaired) electrons. The number of nitrogens with zero attached hydrogens (tertiary/aromatic N) is 1. The summed E-state index contributed by atoms with van der Waals surface area (Å²) in [6.45, 7) is 1.51. The van der Waals surface area contributed by atoms with E-state index in [4.69, 9.17) is 9.47 Å². The molecular formula is C17H18N2O6S. The van der Waals surface area contributed by atoms with Gasteiger partial charge in [-0.2, -0.15) is 18.4 Å². The van der Waals surface area contributed by atoms with Gasteiger partial charge in [0, 0.05) is 11.6 Å². The first-order valence-corrected chi connectivity index (χ1v) is 8.89. The molecule has 0 aromatic heterocycles. The molecule has 0 unspecified atom stereocenters. The molecule has 0 aliphatic heterocycles. The summed E-state index contributed by atoms with van der Waals surface area (Å²) in [4.78, 5) is 13.2. The van der Waals surface area contributed by atoms with Crippen LogP contribution in [0.4, 0.5) is 0 Å². The fourth-order valence-corrected chi connectivity index (χ4v) is 3.23. The molecule has 138 valence electrons. The van der Waals surface area contributed by atoms with Crippen LogP contribution in [-0.2, 0) is 10.0 Å². The molecule has 0 bridgehead atoms. The number of rotatable bonds is 7. The quantitative estimate of drug-likeness (QED) is 0.563. The molecule has 9 heteroatoms. The lowest BCUT2D eigenvalue weighted by Gasteiger charge is -2.11. The fraction of sp³-hybridized carbons (Fsp3) is 0.176. The van der Waals surface area contributed by atoms with Crippen molar-refractivity contribution in [1.29, 1.82) is 0 Å². The number of carbonyl (C=O) groups is 1. The normalized spacial score (nSPS) is 11.7. The van der Waals surface area contributed by atoms with Crippen LogP contribution in [-0.4, -0.2) is 39.4 Å². The first kappa shape index (κ1) is 19.3. The van der Waals surface area contributed by atoms with E-state index in [0.29, 0.717) is 11.3 Å². The second kappa shape index (κ2) is 7.87. The van der Waals surface area contributed by atoms with Crippen LogP contribution in [0.15, 0.2) is 52.5 Å². The molecule has 0 aliphatic rings. The SMILES string of the molecule is COc1ccc(S(=O)(=O)N/N=C(\C)c2ccccc2C(=O)O)c(OC)c1. The van der Waals surface area contributed by atoms with Crippen molar-refractivity contribution >= 4 is 21.7 Å². The van der Waals surface area contributed by atoms with Crippen LogP contribution in [0, 0.1) is 0 Å². The zero-order chi connectivity index (χ0) is 19.3. The summed E-state index contributed by atoms with van der Waals surface area (Å²) in [6, 6.07) is 10.4. The number of ether oxygens (including phenoxy) is 2. The van der Waals surface area contributed by atoms with Crippen molar-refractivity contribution < 1.29 is 27.8 Å². The summed E-state index contributed by atoms with van der Waals surface area (Å²) >= 11 is 0. The van der Waals surface area contributed by atoms with Crippen molar-refractivity contribution in [2.24, 2.45) is 5.10 Å². The Morgan fingerprint density at radius 1 is 1.08 bits per heavy atom. The van der Waals surface area contributed by atoms with E-state index in [1.807, 2.05) is 0 Å². The number of hydrogen-bond donors (Lipinski definition) is 2. The van der Waals surface area contributed by atoms with Crippen molar-refractivity contribution in [1.82, 2.24) is 4.83 Å². The van der Waals surface area contributed by atoms with Gasteiger partial charge >= 0.3 is 5.97 Å². The maximum atomic E-state index is 12.5. The zero-order valence-corrected chi connectivity index (χ0v) is 15.2. The lowest BCUT2D eigenvalue weighted by Crippen LogP contribution is -2.21. The van der Waals surface area contributed by atoms with Gasteiger partial charge in [0.05, 0.1) is 25.5 Å². The molecule has 0 spiro atoms. The Hall–Kier alpha value is -3.07. The van der Waals surface area contributed by atoms with Gasteiger partial charge in [-0.1, -0.05) is 18.2 Å². The number of carboxylic acid groups (broad SMARTS) is 1. The number of hydrazone groups is 1. The maximum Gasteiger partial charge on any atom is 0.336 e. The van der Waals surface area contributed by atoms with Gasteiger partial charge in [-0.15, -0.1) is 0 Å². The minimum absolute atomic E-state index is 0.0231. The zero-order valence-electron chi connectivity index (χ0n) is 14.4. The standard InChI is InChI=1S/C17H18N2O6S/c1-11(13-6-4-5-7-14(13)17(20)21)18-19-26(22,23)16-9-8-12(24-2)10-15(16)25-3/h4-10,19H,1-3H3,(H,20,21)/b18-11+. The van der Waals surface area contributed by atoms with Crippen LogP contribution in [0.3, 0.4) is 0 Å². The highest BCUT2D eigenvalue weighted by Gasteiger charge is 2.20. The first-order chi connectivity index (χ1) is 12.3. The highest BCUT2D eigenvalue weighted by Crippen LogP contribution is 2.28. The van der Waals surface area contributed by atoms with E-state index in [2.05, 4.69) is 9.93 Å². The lowest BCUT2D eigenvalue weighted by molar-refractivity contribution is 0.0696. The van der Waals surface area contributed by atoms with E-state index in [1.165, 1.54) is 45.4 Å². The lowest BCUT2D eigenvalue weighted by atomic mass is 10.0. The summed E-state index contributed by atoms with van der Waals surface area (Å²) in [6.07, 6.45) is 0. The topological polar surface area (TPSA) is 114 Å². The van der Waals surface area contributed by atoms with E-state index in [1.54, 1.807) is 18.2 Å². The van der Waals surface area contributed by atoms with Crippen LogP contribution in [0.2, 0.25) is 0 Å². The minimum atomic E-state index is -4.03. The third-order valence-corrected chi connectivity index (χ3v) is 4.79.